The van der Waals surface area contributed by atoms with E-state index < -0.39 is 17.5 Å². The predicted octanol–water partition coefficient (Wildman–Crippen LogP) is 4.67. The summed E-state index contributed by atoms with van der Waals surface area (Å²) >= 11 is 0. The van der Waals surface area contributed by atoms with Crippen LogP contribution in [0.3, 0.4) is 0 Å². The first-order valence-electron chi connectivity index (χ1n) is 11.2. The summed E-state index contributed by atoms with van der Waals surface area (Å²) in [6.45, 7) is 3.81. The van der Waals surface area contributed by atoms with E-state index in [-0.39, 0.29) is 23.6 Å². The van der Waals surface area contributed by atoms with Gasteiger partial charge >= 0.3 is 0 Å². The number of hydrogen-bond donors (Lipinski definition) is 0. The van der Waals surface area contributed by atoms with Gasteiger partial charge in [-0.15, -0.1) is 0 Å². The monoisotopic (exact) mass is 465 g/mol. The molecule has 174 valence electrons. The number of aryl methyl sites for hydroxylation is 3. The number of halogens is 3. The first-order valence-corrected chi connectivity index (χ1v) is 11.2. The molecule has 1 saturated heterocycles. The lowest BCUT2D eigenvalue weighted by atomic mass is 9.94. The molecule has 34 heavy (non-hydrogen) atoms. The molecule has 3 aromatic heterocycles. The van der Waals surface area contributed by atoms with Gasteiger partial charge in [0.1, 0.15) is 11.3 Å². The van der Waals surface area contributed by atoms with Gasteiger partial charge in [-0.3, -0.25) is 13.9 Å². The molecule has 0 unspecified atom stereocenters. The molecule has 6 nitrogen and oxygen atoms in total. The van der Waals surface area contributed by atoms with Crippen molar-refractivity contribution in [1.82, 2.24) is 24.1 Å². The number of carbonyl (C=O) groups excluding carboxylic acids is 1. The minimum Gasteiger partial charge on any atom is -0.325 e. The maximum atomic E-state index is 14.0. The summed E-state index contributed by atoms with van der Waals surface area (Å²) < 4.78 is 44.9. The van der Waals surface area contributed by atoms with E-state index in [0.717, 1.165) is 47.4 Å². The Hall–Kier alpha value is -3.62. The summed E-state index contributed by atoms with van der Waals surface area (Å²) in [6.07, 6.45) is 3.98. The number of benzene rings is 1. The quantitative estimate of drug-likeness (QED) is 0.405. The fourth-order valence-electron chi connectivity index (χ4n) is 5.65. The third-order valence-corrected chi connectivity index (χ3v) is 7.07. The summed E-state index contributed by atoms with van der Waals surface area (Å²) in [5, 5.41) is 4.66. The van der Waals surface area contributed by atoms with Crippen LogP contribution in [0.1, 0.15) is 51.9 Å². The van der Waals surface area contributed by atoms with E-state index >= 15 is 0 Å². The van der Waals surface area contributed by atoms with E-state index in [2.05, 4.69) is 10.1 Å². The van der Waals surface area contributed by atoms with Gasteiger partial charge in [0.25, 0.3) is 5.91 Å². The lowest BCUT2D eigenvalue weighted by Crippen LogP contribution is -2.42. The molecular formula is C25H22F3N5O. The van der Waals surface area contributed by atoms with Gasteiger partial charge in [-0.05, 0) is 56.9 Å². The van der Waals surface area contributed by atoms with Crippen LogP contribution in [0.25, 0.3) is 16.9 Å². The Bertz CT molecular complexity index is 1480. The Morgan fingerprint density at radius 1 is 1.09 bits per heavy atom. The van der Waals surface area contributed by atoms with Gasteiger partial charge < -0.3 is 4.90 Å². The number of pyridine rings is 1. The van der Waals surface area contributed by atoms with Gasteiger partial charge in [-0.2, -0.15) is 5.10 Å². The third-order valence-electron chi connectivity index (χ3n) is 7.07. The number of hydrogen-bond acceptors (Lipinski definition) is 3. The van der Waals surface area contributed by atoms with Crippen LogP contribution in [-0.4, -0.2) is 36.0 Å². The van der Waals surface area contributed by atoms with Gasteiger partial charge in [-0.25, -0.2) is 18.2 Å². The molecule has 0 N–H and O–H groups in total. The van der Waals surface area contributed by atoms with E-state index in [0.29, 0.717) is 23.5 Å². The second-order valence-electron chi connectivity index (χ2n) is 9.23. The van der Waals surface area contributed by atoms with Crippen LogP contribution in [0.2, 0.25) is 0 Å². The maximum absolute atomic E-state index is 14.0. The predicted molar refractivity (Wildman–Crippen MR) is 119 cm³/mol. The summed E-state index contributed by atoms with van der Waals surface area (Å²) in [5.74, 6) is -4.06. The molecule has 4 aromatic rings. The van der Waals surface area contributed by atoms with Gasteiger partial charge in [0.2, 0.25) is 0 Å². The average Bonchev–Trinajstić information content (AvgIpc) is 3.41. The molecule has 0 spiro atoms. The van der Waals surface area contributed by atoms with E-state index in [1.165, 1.54) is 0 Å². The Morgan fingerprint density at radius 3 is 2.56 bits per heavy atom. The third kappa shape index (κ3) is 2.85. The maximum Gasteiger partial charge on any atom is 0.273 e. The van der Waals surface area contributed by atoms with E-state index in [9.17, 15) is 18.0 Å². The van der Waals surface area contributed by atoms with Gasteiger partial charge in [0.05, 0.1) is 23.1 Å². The molecule has 2 atom stereocenters. The second kappa shape index (κ2) is 7.19. The minimum atomic E-state index is -1.49. The van der Waals surface area contributed by atoms with Crippen molar-refractivity contribution >= 4 is 11.6 Å². The van der Waals surface area contributed by atoms with E-state index in [4.69, 9.17) is 0 Å². The zero-order valence-electron chi connectivity index (χ0n) is 18.9. The van der Waals surface area contributed by atoms with Crippen molar-refractivity contribution in [3.8, 4) is 11.3 Å². The van der Waals surface area contributed by atoms with Crippen LogP contribution in [-0.2, 0) is 13.5 Å². The Kier molecular flexibility index (Phi) is 4.43. The standard InChI is InChI=1S/C25H22F3N5O/c1-12-4-7-20-29-13(2)23(32(20)11-12)25(34)33-15-5-6-19(33)22-16(10-15)24(31(3)30-22)14-8-17(26)21(28)18(27)9-14/h4,7-9,11,15,19H,5-6,10H2,1-3H3/t15-,19+/m1/s1. The minimum absolute atomic E-state index is 0.0714. The molecule has 0 radical (unpaired) electrons. The van der Waals surface area contributed by atoms with Crippen LogP contribution in [0.15, 0.2) is 30.5 Å². The fourth-order valence-corrected chi connectivity index (χ4v) is 5.65. The lowest BCUT2D eigenvalue weighted by Gasteiger charge is -2.34. The fraction of sp³-hybridized carbons (Fsp3) is 0.320. The SMILES string of the molecule is Cc1ccc2nc(C)c(C(=O)N3[C@@H]4CC[C@H]3c3nn(C)c(-c5cc(F)c(F)c(F)c5)c3C4)n2c1. The van der Waals surface area contributed by atoms with Gasteiger partial charge in [-0.1, -0.05) is 6.07 Å². The highest BCUT2D eigenvalue weighted by Gasteiger charge is 2.46. The molecule has 1 amide bonds. The largest absolute Gasteiger partial charge is 0.325 e. The van der Waals surface area contributed by atoms with Crippen molar-refractivity contribution in [2.45, 2.75) is 45.2 Å². The summed E-state index contributed by atoms with van der Waals surface area (Å²) in [4.78, 5) is 20.3. The number of imidazole rings is 1. The molecule has 2 aliphatic heterocycles. The number of carbonyl (C=O) groups is 1. The molecule has 2 bridgehead atoms. The number of nitrogens with zero attached hydrogens (tertiary/aromatic N) is 5. The van der Waals surface area contributed by atoms with Crippen LogP contribution in [0, 0.1) is 31.3 Å². The van der Waals surface area contributed by atoms with E-state index in [1.807, 2.05) is 41.5 Å². The summed E-state index contributed by atoms with van der Waals surface area (Å²) in [5.41, 5.74) is 5.33. The number of amides is 1. The van der Waals surface area contributed by atoms with Crippen molar-refractivity contribution in [1.29, 1.82) is 0 Å². The van der Waals surface area contributed by atoms with Crippen LogP contribution in [0.5, 0.6) is 0 Å². The first kappa shape index (κ1) is 20.9. The topological polar surface area (TPSA) is 55.4 Å². The highest BCUT2D eigenvalue weighted by Crippen LogP contribution is 2.47. The molecule has 2 aliphatic rings. The molecule has 1 aromatic carbocycles. The summed E-state index contributed by atoms with van der Waals surface area (Å²) in [7, 11) is 1.70. The highest BCUT2D eigenvalue weighted by molar-refractivity contribution is 5.95. The number of aromatic nitrogens is 4. The van der Waals surface area contributed by atoms with Crippen molar-refractivity contribution in [2.75, 3.05) is 0 Å². The zero-order chi connectivity index (χ0) is 23.9. The molecule has 0 aliphatic carbocycles. The molecule has 6 rings (SSSR count). The summed E-state index contributed by atoms with van der Waals surface area (Å²) in [6, 6.07) is 5.54. The van der Waals surface area contributed by atoms with Crippen molar-refractivity contribution < 1.29 is 18.0 Å². The number of fused-ring (bicyclic) bond motifs is 5. The Balaban J connectivity index is 1.44. The molecular weight excluding hydrogens is 443 g/mol. The van der Waals surface area contributed by atoms with Crippen molar-refractivity contribution in [2.24, 2.45) is 7.05 Å². The van der Waals surface area contributed by atoms with E-state index in [1.54, 1.807) is 11.7 Å². The van der Waals surface area contributed by atoms with Gasteiger partial charge in [0, 0.05) is 30.4 Å². The molecule has 9 heteroatoms. The first-order chi connectivity index (χ1) is 16.2. The Labute approximate surface area is 193 Å². The lowest BCUT2D eigenvalue weighted by molar-refractivity contribution is 0.0634. The second-order valence-corrected chi connectivity index (χ2v) is 9.23. The van der Waals surface area contributed by atoms with Crippen LogP contribution < -0.4 is 0 Å². The normalized spacial score (nSPS) is 19.2. The van der Waals surface area contributed by atoms with Crippen LogP contribution >= 0.6 is 0 Å². The molecule has 1 fully saturated rings. The Morgan fingerprint density at radius 2 is 1.82 bits per heavy atom. The highest BCUT2D eigenvalue weighted by atomic mass is 19.2. The molecule has 5 heterocycles. The van der Waals surface area contributed by atoms with Crippen molar-refractivity contribution in [3.63, 3.8) is 0 Å². The zero-order valence-corrected chi connectivity index (χ0v) is 18.9. The van der Waals surface area contributed by atoms with Crippen molar-refractivity contribution in [3.05, 3.63) is 76.1 Å². The number of rotatable bonds is 2. The smallest absolute Gasteiger partial charge is 0.273 e. The van der Waals surface area contributed by atoms with Crippen LogP contribution in [0.4, 0.5) is 13.2 Å². The molecule has 0 saturated carbocycles. The van der Waals surface area contributed by atoms with Gasteiger partial charge in [0.15, 0.2) is 17.5 Å². The average molecular weight is 465 g/mol.